The van der Waals surface area contributed by atoms with Gasteiger partial charge in [-0.1, -0.05) is 0 Å². The largest absolute Gasteiger partial charge is 0.435 e. The summed E-state index contributed by atoms with van der Waals surface area (Å²) in [6.45, 7) is 0.671. The molecule has 1 N–H and O–H groups in total. The maximum absolute atomic E-state index is 12.8. The molecule has 1 atom stereocenters. The molecule has 5 nitrogen and oxygen atoms in total. The van der Waals surface area contributed by atoms with Gasteiger partial charge in [0.15, 0.2) is 5.69 Å². The van der Waals surface area contributed by atoms with E-state index in [0.717, 1.165) is 24.1 Å². The van der Waals surface area contributed by atoms with E-state index in [4.69, 9.17) is 0 Å². The summed E-state index contributed by atoms with van der Waals surface area (Å²) in [7, 11) is 2.94. The van der Waals surface area contributed by atoms with Gasteiger partial charge in [0, 0.05) is 32.4 Å². The van der Waals surface area contributed by atoms with Gasteiger partial charge in [-0.05, 0) is 19.4 Å². The average molecular weight is 327 g/mol. The number of carbonyl (C=O) groups excluding carboxylic acids is 1. The lowest BCUT2D eigenvalue weighted by atomic mass is 10.2. The minimum absolute atomic E-state index is 0. The van der Waals surface area contributed by atoms with Crippen LogP contribution in [-0.4, -0.2) is 40.2 Å². The highest BCUT2D eigenvalue weighted by molar-refractivity contribution is 5.85. The Morgan fingerprint density at radius 1 is 1.57 bits per heavy atom. The Morgan fingerprint density at radius 2 is 2.24 bits per heavy atom. The monoisotopic (exact) mass is 326 g/mol. The van der Waals surface area contributed by atoms with Gasteiger partial charge >= 0.3 is 6.18 Å². The summed E-state index contributed by atoms with van der Waals surface area (Å²) in [6, 6.07) is -0.286. The van der Waals surface area contributed by atoms with Crippen molar-refractivity contribution in [2.45, 2.75) is 31.6 Å². The molecule has 1 aliphatic heterocycles. The Balaban J connectivity index is 0.00000220. The van der Waals surface area contributed by atoms with E-state index in [1.54, 1.807) is 0 Å². The number of alkyl halides is 3. The fourth-order valence-corrected chi connectivity index (χ4v) is 2.39. The number of nitrogens with one attached hydrogen (secondary N) is 1. The van der Waals surface area contributed by atoms with Crippen LogP contribution in [0.15, 0.2) is 6.20 Å². The number of hydrogen-bond acceptors (Lipinski definition) is 3. The third-order valence-electron chi connectivity index (χ3n) is 3.32. The Bertz CT molecular complexity index is 497. The third-order valence-corrected chi connectivity index (χ3v) is 3.32. The van der Waals surface area contributed by atoms with Crippen LogP contribution < -0.4 is 5.32 Å². The second-order valence-electron chi connectivity index (χ2n) is 5.02. The van der Waals surface area contributed by atoms with Gasteiger partial charge in [-0.15, -0.1) is 12.4 Å². The summed E-state index contributed by atoms with van der Waals surface area (Å²) in [6.07, 6.45) is -1.58. The van der Waals surface area contributed by atoms with Crippen LogP contribution in [0.5, 0.6) is 0 Å². The molecule has 1 fully saturated rings. The van der Waals surface area contributed by atoms with Crippen molar-refractivity contribution < 1.29 is 18.0 Å². The van der Waals surface area contributed by atoms with Gasteiger partial charge in [0.1, 0.15) is 0 Å². The van der Waals surface area contributed by atoms with E-state index in [2.05, 4.69) is 10.4 Å². The highest BCUT2D eigenvalue weighted by Gasteiger charge is 2.37. The Hall–Kier alpha value is -1.28. The molecule has 0 aromatic carbocycles. The number of likely N-dealkylation sites (N-methyl/N-ethyl adjacent to an activating group) is 1. The third kappa shape index (κ3) is 4.10. The van der Waals surface area contributed by atoms with Crippen molar-refractivity contribution in [2.75, 3.05) is 13.6 Å². The molecule has 1 unspecified atom stereocenters. The first-order chi connectivity index (χ1) is 9.29. The first-order valence-electron chi connectivity index (χ1n) is 6.37. The molecule has 2 heterocycles. The van der Waals surface area contributed by atoms with Crippen LogP contribution in [0.3, 0.4) is 0 Å². The molecule has 0 radical (unpaired) electrons. The number of hydrogen-bond donors (Lipinski definition) is 1. The van der Waals surface area contributed by atoms with Gasteiger partial charge in [0.25, 0.3) is 0 Å². The standard InChI is InChI=1S/C12H17F3N4O.ClH/c1-18(11(20)9-4-3-5-16-9)6-8-7-19(2)17-10(8)12(13,14)15;/h7,9,16H,3-6H2,1-2H3;1H. The topological polar surface area (TPSA) is 50.2 Å². The lowest BCUT2D eigenvalue weighted by Crippen LogP contribution is -2.41. The lowest BCUT2D eigenvalue weighted by Gasteiger charge is -2.21. The summed E-state index contributed by atoms with van der Waals surface area (Å²) >= 11 is 0. The maximum Gasteiger partial charge on any atom is 0.435 e. The number of amides is 1. The van der Waals surface area contributed by atoms with Crippen molar-refractivity contribution in [2.24, 2.45) is 7.05 Å². The highest BCUT2D eigenvalue weighted by atomic mass is 35.5. The molecule has 0 bridgehead atoms. The normalized spacial score (nSPS) is 18.4. The number of nitrogens with zero attached hydrogens (tertiary/aromatic N) is 3. The van der Waals surface area contributed by atoms with Crippen molar-refractivity contribution in [1.82, 2.24) is 20.0 Å². The molecule has 0 aliphatic carbocycles. The number of rotatable bonds is 3. The SMILES string of the molecule is CN(Cc1cn(C)nc1C(F)(F)F)C(=O)C1CCCN1.Cl. The minimum atomic E-state index is -4.51. The molecule has 0 saturated carbocycles. The average Bonchev–Trinajstić information content (AvgIpc) is 2.96. The van der Waals surface area contributed by atoms with Gasteiger partial charge in [-0.2, -0.15) is 18.3 Å². The second kappa shape index (κ2) is 6.65. The molecule has 0 spiro atoms. The van der Waals surface area contributed by atoms with Crippen LogP contribution in [0.4, 0.5) is 13.2 Å². The number of aromatic nitrogens is 2. The minimum Gasteiger partial charge on any atom is -0.340 e. The van der Waals surface area contributed by atoms with Crippen molar-refractivity contribution >= 4 is 18.3 Å². The zero-order valence-corrected chi connectivity index (χ0v) is 12.6. The van der Waals surface area contributed by atoms with Gasteiger partial charge in [0.05, 0.1) is 6.04 Å². The van der Waals surface area contributed by atoms with Gasteiger partial charge in [-0.3, -0.25) is 9.48 Å². The van der Waals surface area contributed by atoms with E-state index in [-0.39, 0.29) is 36.5 Å². The molecule has 9 heteroatoms. The first-order valence-corrected chi connectivity index (χ1v) is 6.37. The van der Waals surface area contributed by atoms with Crippen molar-refractivity contribution in [1.29, 1.82) is 0 Å². The second-order valence-corrected chi connectivity index (χ2v) is 5.02. The maximum atomic E-state index is 12.8. The molecular formula is C12H18ClF3N4O. The van der Waals surface area contributed by atoms with E-state index in [0.29, 0.717) is 0 Å². The lowest BCUT2D eigenvalue weighted by molar-refractivity contribution is -0.143. The molecular weight excluding hydrogens is 309 g/mol. The molecule has 1 saturated heterocycles. The van der Waals surface area contributed by atoms with Crippen LogP contribution in [0, 0.1) is 0 Å². The van der Waals surface area contributed by atoms with Crippen LogP contribution in [-0.2, 0) is 24.6 Å². The summed E-state index contributed by atoms with van der Waals surface area (Å²) in [5, 5.41) is 6.47. The van der Waals surface area contributed by atoms with E-state index in [1.165, 1.54) is 25.2 Å². The highest BCUT2D eigenvalue weighted by Crippen LogP contribution is 2.31. The summed E-state index contributed by atoms with van der Waals surface area (Å²) in [5.41, 5.74) is -0.923. The van der Waals surface area contributed by atoms with Gasteiger partial charge < -0.3 is 10.2 Å². The van der Waals surface area contributed by atoms with E-state index < -0.39 is 11.9 Å². The van der Waals surface area contributed by atoms with Crippen molar-refractivity contribution in [3.8, 4) is 0 Å². The summed E-state index contributed by atoms with van der Waals surface area (Å²) < 4.78 is 39.6. The van der Waals surface area contributed by atoms with Crippen LogP contribution in [0.1, 0.15) is 24.1 Å². The first kappa shape index (κ1) is 17.8. The smallest absolute Gasteiger partial charge is 0.340 e. The van der Waals surface area contributed by atoms with Gasteiger partial charge in [-0.25, -0.2) is 0 Å². The van der Waals surface area contributed by atoms with Crippen LogP contribution in [0.25, 0.3) is 0 Å². The molecule has 1 aliphatic rings. The Labute approximate surface area is 126 Å². The number of halogens is 4. The predicted octanol–water partition coefficient (Wildman–Crippen LogP) is 1.57. The summed E-state index contributed by atoms with van der Waals surface area (Å²) in [5.74, 6) is -0.181. The molecule has 21 heavy (non-hydrogen) atoms. The molecule has 1 aromatic rings. The van der Waals surface area contributed by atoms with E-state index in [9.17, 15) is 18.0 Å². The Morgan fingerprint density at radius 3 is 2.76 bits per heavy atom. The fraction of sp³-hybridized carbons (Fsp3) is 0.667. The van der Waals surface area contributed by atoms with Crippen LogP contribution >= 0.6 is 12.4 Å². The Kier molecular flexibility index (Phi) is 5.63. The van der Waals surface area contributed by atoms with Crippen molar-refractivity contribution in [3.05, 3.63) is 17.5 Å². The van der Waals surface area contributed by atoms with Crippen LogP contribution in [0.2, 0.25) is 0 Å². The molecule has 1 amide bonds. The predicted molar refractivity (Wildman–Crippen MR) is 73.0 cm³/mol. The number of aryl methyl sites for hydroxylation is 1. The fourth-order valence-electron chi connectivity index (χ4n) is 2.39. The number of carbonyl (C=O) groups is 1. The zero-order valence-electron chi connectivity index (χ0n) is 11.8. The van der Waals surface area contributed by atoms with E-state index >= 15 is 0 Å². The summed E-state index contributed by atoms with van der Waals surface area (Å²) in [4.78, 5) is 13.4. The quantitative estimate of drug-likeness (QED) is 0.917. The molecule has 120 valence electrons. The zero-order chi connectivity index (χ0) is 14.9. The van der Waals surface area contributed by atoms with Gasteiger partial charge in [0.2, 0.25) is 5.91 Å². The molecule has 1 aromatic heterocycles. The molecule has 2 rings (SSSR count). The van der Waals surface area contributed by atoms with E-state index in [1.807, 2.05) is 0 Å². The van der Waals surface area contributed by atoms with Crippen molar-refractivity contribution in [3.63, 3.8) is 0 Å².